The van der Waals surface area contributed by atoms with Crippen LogP contribution in [0.4, 0.5) is 10.6 Å². The molecule has 1 atom stereocenters. The SMILES string of the molecule is CC(C)(C)n1nccc1NC(=O)NCC1CNCCCO1. The Morgan fingerprint density at radius 3 is 3.14 bits per heavy atom. The summed E-state index contributed by atoms with van der Waals surface area (Å²) < 4.78 is 7.43. The zero-order valence-corrected chi connectivity index (χ0v) is 13.0. The second-order valence-electron chi connectivity index (χ2n) is 6.18. The van der Waals surface area contributed by atoms with Gasteiger partial charge in [0.1, 0.15) is 5.82 Å². The van der Waals surface area contributed by atoms with Crippen LogP contribution in [0.25, 0.3) is 0 Å². The van der Waals surface area contributed by atoms with Gasteiger partial charge in [-0.1, -0.05) is 0 Å². The average molecular weight is 295 g/mol. The molecule has 0 aromatic carbocycles. The molecule has 7 heteroatoms. The molecular weight excluding hydrogens is 270 g/mol. The summed E-state index contributed by atoms with van der Waals surface area (Å²) >= 11 is 0. The van der Waals surface area contributed by atoms with Gasteiger partial charge < -0.3 is 15.4 Å². The van der Waals surface area contributed by atoms with Crippen molar-refractivity contribution in [1.29, 1.82) is 0 Å². The fraction of sp³-hybridized carbons (Fsp3) is 0.714. The zero-order chi connectivity index (χ0) is 15.3. The molecule has 1 aliphatic heterocycles. The monoisotopic (exact) mass is 295 g/mol. The lowest BCUT2D eigenvalue weighted by Crippen LogP contribution is -2.40. The van der Waals surface area contributed by atoms with Crippen LogP contribution in [0.3, 0.4) is 0 Å². The van der Waals surface area contributed by atoms with Gasteiger partial charge in [0.15, 0.2) is 0 Å². The van der Waals surface area contributed by atoms with Crippen LogP contribution in [0.1, 0.15) is 27.2 Å². The highest BCUT2D eigenvalue weighted by molar-refractivity contribution is 5.88. The predicted octanol–water partition coefficient (Wildman–Crippen LogP) is 1.14. The summed E-state index contributed by atoms with van der Waals surface area (Å²) in [5.74, 6) is 0.680. The molecule has 0 saturated carbocycles. The standard InChI is InChI=1S/C14H25N5O2/c1-14(2,3)19-12(5-7-17-19)18-13(20)16-10-11-9-15-6-4-8-21-11/h5,7,11,15H,4,6,8-10H2,1-3H3,(H2,16,18,20). The van der Waals surface area contributed by atoms with E-state index in [9.17, 15) is 4.79 Å². The van der Waals surface area contributed by atoms with E-state index in [1.165, 1.54) is 0 Å². The quantitative estimate of drug-likeness (QED) is 0.781. The Bertz CT molecular complexity index is 458. The number of anilines is 1. The maximum absolute atomic E-state index is 12.0. The Morgan fingerprint density at radius 1 is 1.57 bits per heavy atom. The molecule has 2 heterocycles. The average Bonchev–Trinajstić information content (AvgIpc) is 2.72. The van der Waals surface area contributed by atoms with E-state index in [1.807, 2.05) is 20.8 Å². The third-order valence-corrected chi connectivity index (χ3v) is 3.23. The summed E-state index contributed by atoms with van der Waals surface area (Å²) in [7, 11) is 0. The minimum absolute atomic E-state index is 0.0192. The van der Waals surface area contributed by atoms with Gasteiger partial charge >= 0.3 is 6.03 Å². The molecule has 1 aromatic heterocycles. The van der Waals surface area contributed by atoms with Crippen LogP contribution < -0.4 is 16.0 Å². The van der Waals surface area contributed by atoms with Crippen molar-refractivity contribution in [3.8, 4) is 0 Å². The summed E-state index contributed by atoms with van der Waals surface area (Å²) in [5.41, 5.74) is -0.180. The maximum Gasteiger partial charge on any atom is 0.320 e. The van der Waals surface area contributed by atoms with Crippen molar-refractivity contribution in [2.24, 2.45) is 0 Å². The van der Waals surface area contributed by atoms with Crippen LogP contribution in [0.15, 0.2) is 12.3 Å². The molecule has 1 aliphatic rings. The molecule has 21 heavy (non-hydrogen) atoms. The Labute approximate surface area is 125 Å². The fourth-order valence-electron chi connectivity index (χ4n) is 2.20. The first kappa shape index (κ1) is 15.8. The molecule has 0 aliphatic carbocycles. The van der Waals surface area contributed by atoms with E-state index in [0.717, 1.165) is 26.1 Å². The Kier molecular flexibility index (Phi) is 5.19. The van der Waals surface area contributed by atoms with E-state index >= 15 is 0 Å². The molecule has 118 valence electrons. The number of hydrogen-bond donors (Lipinski definition) is 3. The number of carbonyl (C=O) groups excluding carboxylic acids is 1. The number of nitrogens with zero attached hydrogens (tertiary/aromatic N) is 2. The van der Waals surface area contributed by atoms with Crippen molar-refractivity contribution < 1.29 is 9.53 Å². The number of amides is 2. The van der Waals surface area contributed by atoms with Gasteiger partial charge in [-0.05, 0) is 33.7 Å². The second kappa shape index (κ2) is 6.91. The molecule has 1 saturated heterocycles. The molecule has 0 spiro atoms. The molecule has 1 aromatic rings. The van der Waals surface area contributed by atoms with Gasteiger partial charge in [0.05, 0.1) is 17.8 Å². The topological polar surface area (TPSA) is 80.2 Å². The van der Waals surface area contributed by atoms with Crippen molar-refractivity contribution in [2.75, 3.05) is 31.6 Å². The van der Waals surface area contributed by atoms with Gasteiger partial charge in [0.25, 0.3) is 0 Å². The Morgan fingerprint density at radius 2 is 2.38 bits per heavy atom. The van der Waals surface area contributed by atoms with Crippen LogP contribution in [0.2, 0.25) is 0 Å². The summed E-state index contributed by atoms with van der Waals surface area (Å²) in [4.78, 5) is 12.0. The summed E-state index contributed by atoms with van der Waals surface area (Å²) in [6.07, 6.45) is 2.71. The van der Waals surface area contributed by atoms with E-state index in [4.69, 9.17) is 4.74 Å². The number of urea groups is 1. The third-order valence-electron chi connectivity index (χ3n) is 3.23. The van der Waals surface area contributed by atoms with E-state index in [1.54, 1.807) is 16.9 Å². The van der Waals surface area contributed by atoms with Crippen molar-refractivity contribution in [1.82, 2.24) is 20.4 Å². The van der Waals surface area contributed by atoms with Gasteiger partial charge in [-0.25, -0.2) is 9.48 Å². The number of hydrogen-bond acceptors (Lipinski definition) is 4. The van der Waals surface area contributed by atoms with Gasteiger partial charge in [0, 0.05) is 25.8 Å². The molecule has 7 nitrogen and oxygen atoms in total. The maximum atomic E-state index is 12.0. The molecule has 1 unspecified atom stereocenters. The lowest BCUT2D eigenvalue weighted by atomic mass is 10.1. The van der Waals surface area contributed by atoms with E-state index < -0.39 is 0 Å². The normalized spacial score (nSPS) is 19.9. The van der Waals surface area contributed by atoms with Crippen LogP contribution in [-0.2, 0) is 10.3 Å². The highest BCUT2D eigenvalue weighted by Crippen LogP contribution is 2.18. The lowest BCUT2D eigenvalue weighted by molar-refractivity contribution is 0.0689. The van der Waals surface area contributed by atoms with Crippen molar-refractivity contribution in [2.45, 2.75) is 38.8 Å². The molecular formula is C14H25N5O2. The van der Waals surface area contributed by atoms with Crippen molar-refractivity contribution >= 4 is 11.8 Å². The van der Waals surface area contributed by atoms with Gasteiger partial charge in [-0.3, -0.25) is 5.32 Å². The van der Waals surface area contributed by atoms with Crippen LogP contribution in [0.5, 0.6) is 0 Å². The summed E-state index contributed by atoms with van der Waals surface area (Å²) in [5, 5.41) is 13.2. The number of aromatic nitrogens is 2. The molecule has 0 bridgehead atoms. The lowest BCUT2D eigenvalue weighted by Gasteiger charge is -2.22. The third kappa shape index (κ3) is 4.71. The zero-order valence-electron chi connectivity index (χ0n) is 13.0. The number of nitrogens with one attached hydrogen (secondary N) is 3. The van der Waals surface area contributed by atoms with Gasteiger partial charge in [-0.15, -0.1) is 0 Å². The van der Waals surface area contributed by atoms with Crippen LogP contribution in [0, 0.1) is 0 Å². The number of rotatable bonds is 3. The van der Waals surface area contributed by atoms with Gasteiger partial charge in [0.2, 0.25) is 0 Å². The smallest absolute Gasteiger partial charge is 0.320 e. The minimum Gasteiger partial charge on any atom is -0.375 e. The Balaban J connectivity index is 1.83. The highest BCUT2D eigenvalue weighted by atomic mass is 16.5. The molecule has 2 rings (SSSR count). The first-order chi connectivity index (χ1) is 9.97. The molecule has 2 amide bonds. The summed E-state index contributed by atoms with van der Waals surface area (Å²) in [6.45, 7) is 9.06. The van der Waals surface area contributed by atoms with Crippen molar-refractivity contribution in [3.05, 3.63) is 12.3 Å². The van der Waals surface area contributed by atoms with Gasteiger partial charge in [-0.2, -0.15) is 5.10 Å². The highest BCUT2D eigenvalue weighted by Gasteiger charge is 2.19. The molecule has 3 N–H and O–H groups in total. The van der Waals surface area contributed by atoms with E-state index in [2.05, 4.69) is 21.0 Å². The van der Waals surface area contributed by atoms with Crippen LogP contribution >= 0.6 is 0 Å². The first-order valence-electron chi connectivity index (χ1n) is 7.38. The molecule has 1 fully saturated rings. The van der Waals surface area contributed by atoms with E-state index in [-0.39, 0.29) is 17.7 Å². The van der Waals surface area contributed by atoms with E-state index in [0.29, 0.717) is 12.4 Å². The predicted molar refractivity (Wildman–Crippen MR) is 81.5 cm³/mol. The molecule has 0 radical (unpaired) electrons. The largest absolute Gasteiger partial charge is 0.375 e. The fourth-order valence-corrected chi connectivity index (χ4v) is 2.20. The second-order valence-corrected chi connectivity index (χ2v) is 6.18. The number of ether oxygens (including phenoxy) is 1. The summed E-state index contributed by atoms with van der Waals surface area (Å²) in [6, 6.07) is 1.54. The van der Waals surface area contributed by atoms with Crippen LogP contribution in [-0.4, -0.2) is 48.2 Å². The number of carbonyl (C=O) groups is 1. The minimum atomic E-state index is -0.242. The first-order valence-corrected chi connectivity index (χ1v) is 7.38. The Hall–Kier alpha value is -1.60. The van der Waals surface area contributed by atoms with Crippen molar-refractivity contribution in [3.63, 3.8) is 0 Å².